The molecule has 2 rings (SSSR count). The number of nitrogens with zero attached hydrogens (tertiary/aromatic N) is 3. The summed E-state index contributed by atoms with van der Waals surface area (Å²) < 4.78 is 0. The lowest BCUT2D eigenvalue weighted by Gasteiger charge is -2.35. The minimum absolute atomic E-state index is 0.266. The van der Waals surface area contributed by atoms with E-state index in [-0.39, 0.29) is 24.1 Å². The second-order valence-electron chi connectivity index (χ2n) is 3.36. The van der Waals surface area contributed by atoms with Gasteiger partial charge in [-0.15, -0.1) is 0 Å². The molecule has 1 fully saturated rings. The molecule has 14 heavy (non-hydrogen) atoms. The fourth-order valence-electron chi connectivity index (χ4n) is 1.74. The van der Waals surface area contributed by atoms with Crippen LogP contribution in [0.15, 0.2) is 4.99 Å². The van der Waals surface area contributed by atoms with Gasteiger partial charge in [-0.25, -0.2) is 9.79 Å². The highest BCUT2D eigenvalue weighted by Gasteiger charge is 2.44. The Morgan fingerprint density at radius 2 is 2.29 bits per heavy atom. The smallest absolute Gasteiger partial charge is 0.325 e. The summed E-state index contributed by atoms with van der Waals surface area (Å²) in [5, 5.41) is 2.29. The third-order valence-corrected chi connectivity index (χ3v) is 2.59. The maximum Gasteiger partial charge on any atom is 0.325 e. The van der Waals surface area contributed by atoms with Crippen LogP contribution >= 0.6 is 0 Å². The van der Waals surface area contributed by atoms with E-state index in [9.17, 15) is 9.59 Å². The SMILES string of the molecule is CCN1C=NC2C1C(=O)NC(=O)N2C. The first kappa shape index (κ1) is 8.98. The van der Waals surface area contributed by atoms with E-state index < -0.39 is 0 Å². The zero-order chi connectivity index (χ0) is 10.3. The Bertz CT molecular complexity index is 314. The van der Waals surface area contributed by atoms with Crippen molar-refractivity contribution in [3.8, 4) is 0 Å². The molecular formula is C8H12N4O2. The number of hydrogen-bond donors (Lipinski definition) is 1. The average Bonchev–Trinajstić information content (AvgIpc) is 2.58. The van der Waals surface area contributed by atoms with E-state index in [1.165, 1.54) is 4.90 Å². The number of hydrogen-bond acceptors (Lipinski definition) is 4. The van der Waals surface area contributed by atoms with Gasteiger partial charge in [-0.05, 0) is 6.92 Å². The monoisotopic (exact) mass is 196 g/mol. The van der Waals surface area contributed by atoms with Gasteiger partial charge in [-0.2, -0.15) is 0 Å². The van der Waals surface area contributed by atoms with E-state index in [1.54, 1.807) is 13.4 Å². The molecule has 0 spiro atoms. The van der Waals surface area contributed by atoms with Gasteiger partial charge in [0.25, 0.3) is 5.91 Å². The van der Waals surface area contributed by atoms with Crippen molar-refractivity contribution in [2.75, 3.05) is 13.6 Å². The lowest BCUT2D eigenvalue weighted by atomic mass is 10.1. The van der Waals surface area contributed by atoms with E-state index in [0.29, 0.717) is 6.54 Å². The predicted octanol–water partition coefficient (Wildman–Crippen LogP) is -0.773. The second-order valence-corrected chi connectivity index (χ2v) is 3.36. The Hall–Kier alpha value is -1.59. The van der Waals surface area contributed by atoms with E-state index in [2.05, 4.69) is 10.3 Å². The Labute approximate surface area is 81.6 Å². The van der Waals surface area contributed by atoms with Gasteiger partial charge in [0.05, 0.1) is 6.34 Å². The number of likely N-dealkylation sites (N-methyl/N-ethyl adjacent to an activating group) is 2. The third kappa shape index (κ3) is 1.07. The average molecular weight is 196 g/mol. The molecule has 6 nitrogen and oxygen atoms in total. The minimum Gasteiger partial charge on any atom is -0.348 e. The molecule has 2 atom stereocenters. The van der Waals surface area contributed by atoms with Crippen molar-refractivity contribution in [3.63, 3.8) is 0 Å². The number of urea groups is 1. The van der Waals surface area contributed by atoms with Crippen LogP contribution in [0.2, 0.25) is 0 Å². The lowest BCUT2D eigenvalue weighted by molar-refractivity contribution is -0.126. The minimum atomic E-state index is -0.383. The summed E-state index contributed by atoms with van der Waals surface area (Å²) in [6.07, 6.45) is 1.26. The molecule has 0 aromatic rings. The van der Waals surface area contributed by atoms with E-state index in [1.807, 2.05) is 11.8 Å². The number of amides is 3. The van der Waals surface area contributed by atoms with Gasteiger partial charge in [-0.3, -0.25) is 10.1 Å². The summed E-state index contributed by atoms with van der Waals surface area (Å²) in [7, 11) is 1.63. The van der Waals surface area contributed by atoms with Crippen LogP contribution in [0.4, 0.5) is 4.79 Å². The Morgan fingerprint density at radius 1 is 1.57 bits per heavy atom. The van der Waals surface area contributed by atoms with Crippen LogP contribution in [0.5, 0.6) is 0 Å². The molecule has 3 amide bonds. The number of rotatable bonds is 1. The molecule has 0 aromatic heterocycles. The number of nitrogens with one attached hydrogen (secondary N) is 1. The molecule has 0 aromatic carbocycles. The van der Waals surface area contributed by atoms with Gasteiger partial charge in [0.15, 0.2) is 12.2 Å². The molecule has 0 bridgehead atoms. The summed E-state index contributed by atoms with van der Waals surface area (Å²) in [6.45, 7) is 2.65. The zero-order valence-corrected chi connectivity index (χ0v) is 8.10. The quantitative estimate of drug-likeness (QED) is 0.598. The van der Waals surface area contributed by atoms with Gasteiger partial charge in [0.2, 0.25) is 0 Å². The normalized spacial score (nSPS) is 30.7. The molecule has 2 unspecified atom stereocenters. The number of carbonyl (C=O) groups is 2. The van der Waals surface area contributed by atoms with E-state index in [0.717, 1.165) is 0 Å². The van der Waals surface area contributed by atoms with Gasteiger partial charge >= 0.3 is 6.03 Å². The number of fused-ring (bicyclic) bond motifs is 1. The van der Waals surface area contributed by atoms with E-state index >= 15 is 0 Å². The molecule has 2 heterocycles. The Morgan fingerprint density at radius 3 is 2.93 bits per heavy atom. The fourth-order valence-corrected chi connectivity index (χ4v) is 1.74. The first-order chi connectivity index (χ1) is 6.65. The molecule has 0 aliphatic carbocycles. The fraction of sp³-hybridized carbons (Fsp3) is 0.625. The topological polar surface area (TPSA) is 65.0 Å². The van der Waals surface area contributed by atoms with Gasteiger partial charge in [-0.1, -0.05) is 0 Å². The van der Waals surface area contributed by atoms with Crippen LogP contribution in [0.1, 0.15) is 6.92 Å². The van der Waals surface area contributed by atoms with Crippen molar-refractivity contribution in [3.05, 3.63) is 0 Å². The first-order valence-electron chi connectivity index (χ1n) is 4.52. The van der Waals surface area contributed by atoms with Crippen LogP contribution in [0.25, 0.3) is 0 Å². The molecule has 0 radical (unpaired) electrons. The third-order valence-electron chi connectivity index (χ3n) is 2.59. The largest absolute Gasteiger partial charge is 0.348 e. The highest BCUT2D eigenvalue weighted by Crippen LogP contribution is 2.19. The van der Waals surface area contributed by atoms with Crippen molar-refractivity contribution < 1.29 is 9.59 Å². The first-order valence-corrected chi connectivity index (χ1v) is 4.52. The van der Waals surface area contributed by atoms with Gasteiger partial charge in [0, 0.05) is 13.6 Å². The summed E-state index contributed by atoms with van der Waals surface area (Å²) in [5.41, 5.74) is 0. The molecule has 1 saturated heterocycles. The molecule has 76 valence electrons. The molecular weight excluding hydrogens is 184 g/mol. The molecule has 1 N–H and O–H groups in total. The van der Waals surface area contributed by atoms with Crippen molar-refractivity contribution >= 4 is 18.3 Å². The maximum atomic E-state index is 11.5. The van der Waals surface area contributed by atoms with Crippen molar-refractivity contribution in [2.24, 2.45) is 4.99 Å². The van der Waals surface area contributed by atoms with Crippen LogP contribution in [-0.4, -0.2) is 53.9 Å². The number of imide groups is 1. The van der Waals surface area contributed by atoms with Gasteiger partial charge < -0.3 is 9.80 Å². The highest BCUT2D eigenvalue weighted by molar-refractivity contribution is 6.01. The van der Waals surface area contributed by atoms with Crippen LogP contribution in [0.3, 0.4) is 0 Å². The summed E-state index contributed by atoms with van der Waals surface area (Å²) in [6, 6.07) is -0.742. The second kappa shape index (κ2) is 2.97. The highest BCUT2D eigenvalue weighted by atomic mass is 16.2. The van der Waals surface area contributed by atoms with Crippen LogP contribution < -0.4 is 5.32 Å². The Balaban J connectivity index is 2.27. The summed E-state index contributed by atoms with van der Waals surface area (Å²) in [4.78, 5) is 30.2. The number of aliphatic imine (C=N–C) groups is 1. The lowest BCUT2D eigenvalue weighted by Crippen LogP contribution is -2.63. The van der Waals surface area contributed by atoms with Crippen molar-refractivity contribution in [2.45, 2.75) is 19.1 Å². The summed E-state index contributed by atoms with van der Waals surface area (Å²) in [5.74, 6) is -0.266. The van der Waals surface area contributed by atoms with Crippen LogP contribution in [-0.2, 0) is 4.79 Å². The molecule has 0 saturated carbocycles. The maximum absolute atomic E-state index is 11.5. The predicted molar refractivity (Wildman–Crippen MR) is 49.7 cm³/mol. The Kier molecular flexibility index (Phi) is 1.90. The zero-order valence-electron chi connectivity index (χ0n) is 8.10. The molecule has 2 aliphatic rings. The standard InChI is InChI=1S/C8H12N4O2/c1-3-12-4-9-6-5(12)7(13)10-8(14)11(6)2/h4-6H,3H2,1-2H3,(H,10,13,14). The molecule has 6 heteroatoms. The summed E-state index contributed by atoms with van der Waals surface area (Å²) >= 11 is 0. The molecule has 2 aliphatic heterocycles. The van der Waals surface area contributed by atoms with Crippen molar-refractivity contribution in [1.82, 2.24) is 15.1 Å². The van der Waals surface area contributed by atoms with E-state index in [4.69, 9.17) is 0 Å². The van der Waals surface area contributed by atoms with Crippen molar-refractivity contribution in [1.29, 1.82) is 0 Å². The van der Waals surface area contributed by atoms with Crippen LogP contribution in [0, 0.1) is 0 Å². The number of carbonyl (C=O) groups excluding carboxylic acids is 2. The van der Waals surface area contributed by atoms with Gasteiger partial charge in [0.1, 0.15) is 0 Å².